The van der Waals surface area contributed by atoms with E-state index < -0.39 is 35.3 Å². The normalized spacial score (nSPS) is 16.1. The van der Waals surface area contributed by atoms with Crippen molar-refractivity contribution in [1.82, 2.24) is 5.01 Å². The first kappa shape index (κ1) is 38.4. The number of hydrogen-bond donors (Lipinski definition) is 1. The van der Waals surface area contributed by atoms with Gasteiger partial charge in [-0.2, -0.15) is 49.0 Å². The minimum absolute atomic E-state index is 0.0385. The zero-order valence-electron chi connectivity index (χ0n) is 24.7. The van der Waals surface area contributed by atoms with Gasteiger partial charge in [0.15, 0.2) is 11.5 Å². The van der Waals surface area contributed by atoms with Crippen LogP contribution in [0.15, 0.2) is 47.6 Å². The average molecular weight is 722 g/mol. The Morgan fingerprint density at radius 2 is 1.46 bits per heavy atom. The first-order chi connectivity index (χ1) is 22.2. The van der Waals surface area contributed by atoms with Gasteiger partial charge in [-0.1, -0.05) is 12.1 Å². The minimum atomic E-state index is -6.01. The highest BCUT2D eigenvalue weighted by molar-refractivity contribution is 6.65. The number of hydrazone groups is 1. The van der Waals surface area contributed by atoms with Crippen LogP contribution in [0.2, 0.25) is 0 Å². The molecule has 2 aliphatic rings. The van der Waals surface area contributed by atoms with Gasteiger partial charge in [0, 0.05) is 24.1 Å². The molecule has 8 nitrogen and oxygen atoms in total. The Bertz CT molecular complexity index is 1510. The lowest BCUT2D eigenvalue weighted by molar-refractivity contribution is -0.267. The van der Waals surface area contributed by atoms with Crippen molar-refractivity contribution in [1.29, 1.82) is 0 Å². The van der Waals surface area contributed by atoms with Gasteiger partial charge in [-0.3, -0.25) is 14.4 Å². The van der Waals surface area contributed by atoms with Crippen molar-refractivity contribution in [2.24, 2.45) is 5.10 Å². The van der Waals surface area contributed by atoms with E-state index in [1.807, 2.05) is 12.1 Å². The lowest BCUT2D eigenvalue weighted by Gasteiger charge is -2.24. The van der Waals surface area contributed by atoms with Crippen LogP contribution >= 0.6 is 11.6 Å². The number of nitrogens with one attached hydrogen (secondary N) is 1. The summed E-state index contributed by atoms with van der Waals surface area (Å²) in [6, 6.07) is 10.6. The van der Waals surface area contributed by atoms with Crippen LogP contribution in [-0.2, 0) is 20.9 Å². The van der Waals surface area contributed by atoms with Crippen LogP contribution < -0.4 is 14.8 Å². The van der Waals surface area contributed by atoms with Gasteiger partial charge in [0.05, 0.1) is 25.5 Å². The summed E-state index contributed by atoms with van der Waals surface area (Å²) in [7, 11) is 1.56. The monoisotopic (exact) mass is 721 g/mol. The molecule has 19 heteroatoms. The molecular weight excluding hydrogens is 696 g/mol. The Kier molecular flexibility index (Phi) is 12.0. The fourth-order valence-corrected chi connectivity index (χ4v) is 4.49. The largest absolute Gasteiger partial charge is 0.493 e. The van der Waals surface area contributed by atoms with Gasteiger partial charge in [0.2, 0.25) is 5.91 Å². The smallest absolute Gasteiger partial charge is 0.463 e. The summed E-state index contributed by atoms with van der Waals surface area (Å²) in [6.45, 7) is 0.0385. The van der Waals surface area contributed by atoms with Crippen LogP contribution in [0.4, 0.5) is 49.6 Å². The number of anilines is 1. The van der Waals surface area contributed by atoms with Gasteiger partial charge in [-0.15, -0.1) is 0 Å². The second kappa shape index (κ2) is 15.0. The minimum Gasteiger partial charge on any atom is -0.493 e. The highest BCUT2D eigenvalue weighted by Gasteiger charge is 2.64. The molecule has 1 aliphatic carbocycles. The van der Waals surface area contributed by atoms with E-state index in [0.29, 0.717) is 29.2 Å². The molecule has 1 saturated carbocycles. The molecule has 0 radical (unpaired) electrons. The number of amides is 2. The Morgan fingerprint density at radius 1 is 0.875 bits per heavy atom. The fourth-order valence-electron chi connectivity index (χ4n) is 4.38. The topological polar surface area (TPSA) is 97.3 Å². The Balaban J connectivity index is 0.000000542. The van der Waals surface area contributed by atoms with E-state index in [0.717, 1.165) is 31.2 Å². The van der Waals surface area contributed by atoms with Crippen molar-refractivity contribution in [3.63, 3.8) is 0 Å². The third-order valence-corrected chi connectivity index (χ3v) is 7.22. The van der Waals surface area contributed by atoms with Gasteiger partial charge in [-0.05, 0) is 73.2 Å². The van der Waals surface area contributed by atoms with Crippen LogP contribution in [-0.4, -0.2) is 65.2 Å². The second-order valence-electron chi connectivity index (χ2n) is 10.5. The van der Waals surface area contributed by atoms with Crippen molar-refractivity contribution in [2.45, 2.75) is 75.4 Å². The molecule has 0 bridgehead atoms. The molecule has 2 aromatic rings. The van der Waals surface area contributed by atoms with Crippen molar-refractivity contribution >= 4 is 40.1 Å². The maximum Gasteiger partial charge on any atom is 0.463 e. The van der Waals surface area contributed by atoms with Crippen LogP contribution in [0.1, 0.15) is 49.7 Å². The van der Waals surface area contributed by atoms with Crippen molar-refractivity contribution < 1.29 is 67.8 Å². The molecule has 4 rings (SSSR count). The molecular formula is C29H26ClF10N3O5. The van der Waals surface area contributed by atoms with E-state index >= 15 is 0 Å². The van der Waals surface area contributed by atoms with Crippen LogP contribution in [0, 0.1) is 0 Å². The molecule has 1 aliphatic heterocycles. The number of carbonyl (C=O) groups is 3. The van der Waals surface area contributed by atoms with Gasteiger partial charge in [0.25, 0.3) is 0 Å². The van der Waals surface area contributed by atoms with E-state index in [4.69, 9.17) is 9.47 Å². The van der Waals surface area contributed by atoms with Crippen LogP contribution in [0.5, 0.6) is 11.5 Å². The van der Waals surface area contributed by atoms with Crippen molar-refractivity contribution in [3.8, 4) is 11.5 Å². The third-order valence-electron chi connectivity index (χ3n) is 6.99. The fraction of sp³-hybridized carbons (Fsp3) is 0.448. The molecule has 0 spiro atoms. The first-order valence-electron chi connectivity index (χ1n) is 13.9. The zero-order valence-corrected chi connectivity index (χ0v) is 25.4. The number of nitrogens with zero attached hydrogens (tertiary/aromatic N) is 2. The van der Waals surface area contributed by atoms with E-state index in [1.54, 1.807) is 18.5 Å². The summed E-state index contributed by atoms with van der Waals surface area (Å²) < 4.78 is 131. The summed E-state index contributed by atoms with van der Waals surface area (Å²) in [5.74, 6) is -12.5. The number of ether oxygens (including phenoxy) is 2. The molecule has 264 valence electrons. The molecule has 0 saturated heterocycles. The summed E-state index contributed by atoms with van der Waals surface area (Å²) in [5.41, 5.74) is 1.73. The molecule has 1 N–H and O–H groups in total. The number of alkyl halides is 10. The maximum atomic E-state index is 13.2. The predicted octanol–water partition coefficient (Wildman–Crippen LogP) is 7.63. The number of rotatable bonds is 9. The van der Waals surface area contributed by atoms with Crippen molar-refractivity contribution in [3.05, 3.63) is 53.6 Å². The molecule has 0 atom stereocenters. The summed E-state index contributed by atoms with van der Waals surface area (Å²) in [5, 5.41) is 4.60. The molecule has 1 fully saturated rings. The number of carbonyl (C=O) groups excluding carboxylic acids is 3. The zero-order chi connectivity index (χ0) is 36.1. The lowest BCUT2D eigenvalue weighted by atomic mass is 10.0. The van der Waals surface area contributed by atoms with E-state index in [2.05, 4.69) is 16.7 Å². The number of halogens is 11. The summed E-state index contributed by atoms with van der Waals surface area (Å²) in [4.78, 5) is 33.3. The third kappa shape index (κ3) is 9.29. The van der Waals surface area contributed by atoms with E-state index in [1.165, 1.54) is 29.3 Å². The van der Waals surface area contributed by atoms with E-state index in [-0.39, 0.29) is 30.7 Å². The lowest BCUT2D eigenvalue weighted by Crippen LogP contribution is -2.47. The Morgan fingerprint density at radius 3 is 1.96 bits per heavy atom. The molecule has 1 heterocycles. The maximum absolute atomic E-state index is 13.2. The van der Waals surface area contributed by atoms with Crippen LogP contribution in [0.3, 0.4) is 0 Å². The highest BCUT2D eigenvalue weighted by atomic mass is 35.5. The van der Waals surface area contributed by atoms with Gasteiger partial charge in [0.1, 0.15) is 0 Å². The van der Waals surface area contributed by atoms with Gasteiger partial charge in [-0.25, -0.2) is 5.01 Å². The molecule has 0 aromatic heterocycles. The Labute approximate surface area is 271 Å². The van der Waals surface area contributed by atoms with Crippen molar-refractivity contribution in [2.75, 3.05) is 12.4 Å². The first-order valence-corrected chi connectivity index (χ1v) is 14.3. The Hall–Kier alpha value is -4.09. The van der Waals surface area contributed by atoms with E-state index in [9.17, 15) is 58.3 Å². The second-order valence-corrected chi connectivity index (χ2v) is 10.8. The van der Waals surface area contributed by atoms with Gasteiger partial charge >= 0.3 is 35.3 Å². The summed E-state index contributed by atoms with van der Waals surface area (Å²) in [6.07, 6.45) is -6.97. The molecule has 2 amide bonds. The van der Waals surface area contributed by atoms with Crippen LogP contribution in [0.25, 0.3) is 0 Å². The number of methoxy groups -OCH3 is 1. The highest BCUT2D eigenvalue weighted by Crippen LogP contribution is 2.38. The number of benzene rings is 2. The molecule has 0 unspecified atom stereocenters. The number of hydrogen-bond acceptors (Lipinski definition) is 6. The molecule has 2 aromatic carbocycles. The average Bonchev–Trinajstić information content (AvgIpc) is 3.51. The molecule has 48 heavy (non-hydrogen) atoms. The SMILES string of the molecule is COc1ccc(C2=NN(Cc3ccc(NC(=O)C(F)(F)C(F)(F)F)cc3)C(=O)CC2)cc1OC1CCCC1.O=C(Cl)C(F)(F)C(F)(F)F. The summed E-state index contributed by atoms with van der Waals surface area (Å²) >= 11 is 3.95. The predicted molar refractivity (Wildman–Crippen MR) is 150 cm³/mol. The van der Waals surface area contributed by atoms with Gasteiger partial charge < -0.3 is 14.8 Å². The standard InChI is InChI=1S/C26H26F5N3O4.C3ClF5O/c1-37-21-12-8-17(14-22(21)38-19-4-2-3-5-19)20-11-13-23(35)34(33-20)15-16-6-9-18(10-7-16)32-24(36)25(27,28)26(29,30)31;4-1(10)2(5,6)3(7,8)9/h6-10,12,14,19H,2-5,11,13,15H2,1H3,(H,32,36);. The quantitative estimate of drug-likeness (QED) is 0.212.